The quantitative estimate of drug-likeness (QED) is 0.664. The van der Waals surface area contributed by atoms with Crippen molar-refractivity contribution in [3.8, 4) is 0 Å². The highest BCUT2D eigenvalue weighted by Gasteiger charge is 2.18. The standard InChI is InChI=1S/C16H22NOP/c1-4-7-11-12-10-16(3,19)9-6-8-13(12)17-15(11)14(18)5-2/h6,8-10,17H,4-5,7,19H2,1-3H3. The summed E-state index contributed by atoms with van der Waals surface area (Å²) in [5.41, 5.74) is 1.98. The third kappa shape index (κ3) is 2.90. The Labute approximate surface area is 116 Å². The number of carbonyl (C=O) groups excluding carboxylic acids is 1. The first-order chi connectivity index (χ1) is 8.98. The van der Waals surface area contributed by atoms with Crippen LogP contribution < -0.4 is 10.6 Å². The van der Waals surface area contributed by atoms with E-state index in [4.69, 9.17) is 0 Å². The highest BCUT2D eigenvalue weighted by Crippen LogP contribution is 2.22. The maximum atomic E-state index is 12.1. The molecule has 0 radical (unpaired) electrons. The number of rotatable bonds is 4. The summed E-state index contributed by atoms with van der Waals surface area (Å²) in [5, 5.41) is 2.20. The molecule has 19 heavy (non-hydrogen) atoms. The predicted octanol–water partition coefficient (Wildman–Crippen LogP) is 2.32. The topological polar surface area (TPSA) is 32.9 Å². The van der Waals surface area contributed by atoms with E-state index in [0.29, 0.717) is 6.42 Å². The van der Waals surface area contributed by atoms with Crippen LogP contribution in [0.2, 0.25) is 0 Å². The Kier molecular flexibility index (Phi) is 4.10. The van der Waals surface area contributed by atoms with E-state index in [1.54, 1.807) is 0 Å². The summed E-state index contributed by atoms with van der Waals surface area (Å²) in [5.74, 6) is 0.202. The fourth-order valence-electron chi connectivity index (χ4n) is 2.51. The number of Topliss-reactive ketones (excluding diaryl/α,β-unsaturated/α-hetero) is 1. The second-order valence-corrected chi connectivity index (χ2v) is 6.61. The molecule has 0 fully saturated rings. The van der Waals surface area contributed by atoms with Crippen LogP contribution in [0.3, 0.4) is 0 Å². The number of carbonyl (C=O) groups is 1. The Morgan fingerprint density at radius 3 is 2.79 bits per heavy atom. The molecular weight excluding hydrogens is 253 g/mol. The minimum atomic E-state index is -0.0566. The molecule has 2 unspecified atom stereocenters. The number of nitrogens with one attached hydrogen (secondary N) is 1. The van der Waals surface area contributed by atoms with Crippen molar-refractivity contribution >= 4 is 27.2 Å². The molecule has 1 aromatic heterocycles. The zero-order valence-corrected chi connectivity index (χ0v) is 13.1. The molecule has 2 nitrogen and oxygen atoms in total. The number of H-pyrrole nitrogens is 1. The summed E-state index contributed by atoms with van der Waals surface area (Å²) < 4.78 is 0. The van der Waals surface area contributed by atoms with E-state index in [2.05, 4.69) is 52.4 Å². The van der Waals surface area contributed by atoms with Crippen LogP contribution >= 0.6 is 9.24 Å². The monoisotopic (exact) mass is 275 g/mol. The molecule has 102 valence electrons. The Morgan fingerprint density at radius 1 is 1.42 bits per heavy atom. The lowest BCUT2D eigenvalue weighted by atomic mass is 10.0. The van der Waals surface area contributed by atoms with Crippen molar-refractivity contribution in [3.63, 3.8) is 0 Å². The molecule has 1 aliphatic carbocycles. The van der Waals surface area contributed by atoms with Crippen LogP contribution in [0.5, 0.6) is 0 Å². The molecule has 2 atom stereocenters. The second kappa shape index (κ2) is 5.46. The van der Waals surface area contributed by atoms with Gasteiger partial charge in [0.25, 0.3) is 0 Å². The number of aromatic amines is 1. The minimum absolute atomic E-state index is 0.0566. The fourth-order valence-corrected chi connectivity index (χ4v) is 2.78. The molecule has 0 aliphatic heterocycles. The van der Waals surface area contributed by atoms with E-state index in [0.717, 1.165) is 23.9 Å². The average Bonchev–Trinajstić information content (AvgIpc) is 2.59. The van der Waals surface area contributed by atoms with Gasteiger partial charge in [0.1, 0.15) is 0 Å². The molecule has 0 saturated heterocycles. The van der Waals surface area contributed by atoms with E-state index in [1.807, 2.05) is 6.92 Å². The number of ketones is 1. The maximum Gasteiger partial charge on any atom is 0.179 e. The zero-order valence-electron chi connectivity index (χ0n) is 11.9. The summed E-state index contributed by atoms with van der Waals surface area (Å²) >= 11 is 0. The third-order valence-corrected chi connectivity index (χ3v) is 3.81. The second-order valence-electron chi connectivity index (χ2n) is 5.37. The molecule has 2 rings (SSSR count). The lowest BCUT2D eigenvalue weighted by Crippen LogP contribution is -2.27. The van der Waals surface area contributed by atoms with Crippen LogP contribution in [0.1, 0.15) is 49.7 Å². The SMILES string of the molecule is CCCc1c(C(=O)CC)[nH]c2c1=CC(C)(P)C=CC=2. The van der Waals surface area contributed by atoms with E-state index in [-0.39, 0.29) is 10.9 Å². The van der Waals surface area contributed by atoms with Gasteiger partial charge in [0.05, 0.1) is 5.69 Å². The summed E-state index contributed by atoms with van der Waals surface area (Å²) in [4.78, 5) is 15.4. The van der Waals surface area contributed by atoms with Gasteiger partial charge in [-0.15, -0.1) is 9.24 Å². The highest BCUT2D eigenvalue weighted by atomic mass is 31.0. The number of aromatic nitrogens is 1. The van der Waals surface area contributed by atoms with Gasteiger partial charge in [0.2, 0.25) is 0 Å². The van der Waals surface area contributed by atoms with Crippen molar-refractivity contribution in [1.29, 1.82) is 0 Å². The molecule has 1 heterocycles. The average molecular weight is 275 g/mol. The van der Waals surface area contributed by atoms with Gasteiger partial charge in [0, 0.05) is 22.1 Å². The van der Waals surface area contributed by atoms with Crippen molar-refractivity contribution in [1.82, 2.24) is 4.98 Å². The highest BCUT2D eigenvalue weighted by molar-refractivity contribution is 7.20. The van der Waals surface area contributed by atoms with E-state index in [1.165, 1.54) is 10.8 Å². The number of allylic oxidation sites excluding steroid dienone is 2. The van der Waals surface area contributed by atoms with Crippen molar-refractivity contribution in [2.75, 3.05) is 0 Å². The number of hydrogen-bond acceptors (Lipinski definition) is 1. The Hall–Kier alpha value is -1.14. The fraction of sp³-hybridized carbons (Fsp3) is 0.438. The van der Waals surface area contributed by atoms with Crippen LogP contribution in [0.25, 0.3) is 12.2 Å². The van der Waals surface area contributed by atoms with Crippen molar-refractivity contribution in [3.05, 3.63) is 34.0 Å². The zero-order chi connectivity index (χ0) is 14.0. The molecule has 1 aromatic rings. The third-order valence-electron chi connectivity index (χ3n) is 3.45. The molecule has 0 amide bonds. The summed E-state index contributed by atoms with van der Waals surface area (Å²) in [6, 6.07) is 0. The van der Waals surface area contributed by atoms with Gasteiger partial charge in [-0.3, -0.25) is 4.79 Å². The van der Waals surface area contributed by atoms with Crippen molar-refractivity contribution < 1.29 is 4.79 Å². The van der Waals surface area contributed by atoms with Gasteiger partial charge < -0.3 is 4.98 Å². The Morgan fingerprint density at radius 2 is 2.16 bits per heavy atom. The molecule has 3 heteroatoms. The van der Waals surface area contributed by atoms with Crippen molar-refractivity contribution in [2.24, 2.45) is 0 Å². The first-order valence-electron chi connectivity index (χ1n) is 6.94. The summed E-state index contributed by atoms with van der Waals surface area (Å²) in [6.07, 6.45) is 11.0. The van der Waals surface area contributed by atoms with Gasteiger partial charge >= 0.3 is 0 Å². The summed E-state index contributed by atoms with van der Waals surface area (Å²) in [6.45, 7) is 6.22. The molecular formula is C16H22NOP. The lowest BCUT2D eigenvalue weighted by molar-refractivity contribution is 0.0983. The number of hydrogen-bond donors (Lipinski definition) is 1. The first-order valence-corrected chi connectivity index (χ1v) is 7.51. The lowest BCUT2D eigenvalue weighted by Gasteiger charge is -2.13. The minimum Gasteiger partial charge on any atom is -0.352 e. The van der Waals surface area contributed by atoms with E-state index in [9.17, 15) is 4.79 Å². The predicted molar refractivity (Wildman–Crippen MR) is 84.8 cm³/mol. The van der Waals surface area contributed by atoms with Crippen LogP contribution in [0.4, 0.5) is 0 Å². The van der Waals surface area contributed by atoms with E-state index < -0.39 is 0 Å². The largest absolute Gasteiger partial charge is 0.352 e. The normalized spacial score (nSPS) is 21.3. The van der Waals surface area contributed by atoms with Crippen LogP contribution in [-0.4, -0.2) is 15.9 Å². The van der Waals surface area contributed by atoms with Crippen molar-refractivity contribution in [2.45, 2.75) is 45.2 Å². The van der Waals surface area contributed by atoms with Gasteiger partial charge in [0.15, 0.2) is 5.78 Å². The summed E-state index contributed by atoms with van der Waals surface area (Å²) in [7, 11) is 2.86. The Bertz CT molecular complexity index is 634. The van der Waals surface area contributed by atoms with Crippen LogP contribution in [0.15, 0.2) is 12.2 Å². The molecule has 1 aliphatic rings. The molecule has 1 N–H and O–H groups in total. The maximum absolute atomic E-state index is 12.1. The van der Waals surface area contributed by atoms with Gasteiger partial charge in [-0.05, 0) is 25.0 Å². The molecule has 0 spiro atoms. The molecule has 0 bridgehead atoms. The van der Waals surface area contributed by atoms with Gasteiger partial charge in [-0.1, -0.05) is 38.5 Å². The van der Waals surface area contributed by atoms with Gasteiger partial charge in [-0.2, -0.15) is 0 Å². The van der Waals surface area contributed by atoms with Gasteiger partial charge in [-0.25, -0.2) is 0 Å². The van der Waals surface area contributed by atoms with Crippen LogP contribution in [0, 0.1) is 0 Å². The van der Waals surface area contributed by atoms with E-state index >= 15 is 0 Å². The smallest absolute Gasteiger partial charge is 0.179 e. The number of fused-ring (bicyclic) bond motifs is 1. The van der Waals surface area contributed by atoms with Crippen LogP contribution in [-0.2, 0) is 6.42 Å². The first kappa shape index (κ1) is 14.3. The molecule has 0 aromatic carbocycles. The molecule has 0 saturated carbocycles. The Balaban J connectivity index is 2.74.